The van der Waals surface area contributed by atoms with E-state index < -0.39 is 0 Å². The van der Waals surface area contributed by atoms with Crippen LogP contribution in [-0.2, 0) is 12.0 Å². The highest BCUT2D eigenvalue weighted by Gasteiger charge is 2.17. The first-order valence-electron chi connectivity index (χ1n) is 5.89. The Balaban J connectivity index is 1.98. The van der Waals surface area contributed by atoms with E-state index in [1.165, 1.54) is 12.1 Å². The summed E-state index contributed by atoms with van der Waals surface area (Å²) in [6.45, 7) is 7.13. The third-order valence-electron chi connectivity index (χ3n) is 2.51. The first kappa shape index (κ1) is 13.0. The maximum atomic E-state index is 12.7. The molecule has 18 heavy (non-hydrogen) atoms. The maximum Gasteiger partial charge on any atom is 0.123 e. The molecule has 0 unspecified atom stereocenters. The van der Waals surface area contributed by atoms with E-state index in [9.17, 15) is 4.39 Å². The third kappa shape index (κ3) is 3.29. The predicted octanol–water partition coefficient (Wildman–Crippen LogP) is 4.19. The number of rotatable bonds is 3. The Hall–Kier alpha value is -1.42. The van der Waals surface area contributed by atoms with E-state index in [2.05, 4.69) is 36.5 Å². The summed E-state index contributed by atoms with van der Waals surface area (Å²) in [7, 11) is 0. The zero-order chi connectivity index (χ0) is 13.2. The SMILES string of the molecule is CC(C)(C)c1nc(CNc2ccc(F)cc2)cs1. The van der Waals surface area contributed by atoms with Gasteiger partial charge in [-0.15, -0.1) is 11.3 Å². The lowest BCUT2D eigenvalue weighted by atomic mass is 9.98. The lowest BCUT2D eigenvalue weighted by Gasteiger charge is -2.13. The molecule has 0 radical (unpaired) electrons. The van der Waals surface area contributed by atoms with Crippen LogP contribution in [0.2, 0.25) is 0 Å². The van der Waals surface area contributed by atoms with Crippen molar-refractivity contribution >= 4 is 17.0 Å². The van der Waals surface area contributed by atoms with E-state index in [0.717, 1.165) is 16.4 Å². The summed E-state index contributed by atoms with van der Waals surface area (Å²) in [4.78, 5) is 4.60. The van der Waals surface area contributed by atoms with Gasteiger partial charge < -0.3 is 5.32 Å². The second-order valence-corrected chi connectivity index (χ2v) is 6.11. The number of nitrogens with zero attached hydrogens (tertiary/aromatic N) is 1. The van der Waals surface area contributed by atoms with Crippen LogP contribution in [0.15, 0.2) is 29.6 Å². The van der Waals surface area contributed by atoms with Crippen LogP contribution in [0.25, 0.3) is 0 Å². The summed E-state index contributed by atoms with van der Waals surface area (Å²) in [5, 5.41) is 6.43. The van der Waals surface area contributed by atoms with Gasteiger partial charge in [-0.3, -0.25) is 0 Å². The first-order valence-corrected chi connectivity index (χ1v) is 6.77. The molecule has 1 aromatic heterocycles. The van der Waals surface area contributed by atoms with Gasteiger partial charge in [0.25, 0.3) is 0 Å². The second-order valence-electron chi connectivity index (χ2n) is 5.25. The molecule has 0 aliphatic rings. The monoisotopic (exact) mass is 264 g/mol. The summed E-state index contributed by atoms with van der Waals surface area (Å²) in [6.07, 6.45) is 0. The van der Waals surface area contributed by atoms with Crippen LogP contribution in [0.5, 0.6) is 0 Å². The Morgan fingerprint density at radius 3 is 2.44 bits per heavy atom. The van der Waals surface area contributed by atoms with Crippen molar-refractivity contribution < 1.29 is 4.39 Å². The molecule has 2 nitrogen and oxygen atoms in total. The molecule has 2 rings (SSSR count). The average molecular weight is 264 g/mol. The number of anilines is 1. The molecule has 0 spiro atoms. The predicted molar refractivity (Wildman–Crippen MR) is 74.5 cm³/mol. The molecule has 0 bridgehead atoms. The van der Waals surface area contributed by atoms with Crippen molar-refractivity contribution in [2.75, 3.05) is 5.32 Å². The minimum absolute atomic E-state index is 0.0960. The summed E-state index contributed by atoms with van der Waals surface area (Å²) in [6, 6.07) is 6.35. The van der Waals surface area contributed by atoms with Gasteiger partial charge in [-0.05, 0) is 24.3 Å². The molecule has 0 fully saturated rings. The van der Waals surface area contributed by atoms with E-state index in [1.54, 1.807) is 23.5 Å². The van der Waals surface area contributed by atoms with Crippen molar-refractivity contribution in [3.63, 3.8) is 0 Å². The van der Waals surface area contributed by atoms with E-state index in [0.29, 0.717) is 6.54 Å². The summed E-state index contributed by atoms with van der Waals surface area (Å²) >= 11 is 1.68. The molecular formula is C14H17FN2S. The van der Waals surface area contributed by atoms with Gasteiger partial charge in [-0.25, -0.2) is 9.37 Å². The molecule has 0 atom stereocenters. The largest absolute Gasteiger partial charge is 0.379 e. The van der Waals surface area contributed by atoms with Gasteiger partial charge in [0.15, 0.2) is 0 Å². The summed E-state index contributed by atoms with van der Waals surface area (Å²) in [5.41, 5.74) is 2.02. The van der Waals surface area contributed by atoms with Gasteiger partial charge >= 0.3 is 0 Å². The van der Waals surface area contributed by atoms with Crippen LogP contribution < -0.4 is 5.32 Å². The van der Waals surface area contributed by atoms with Gasteiger partial charge in [0, 0.05) is 16.5 Å². The molecule has 0 amide bonds. The summed E-state index contributed by atoms with van der Waals surface area (Å²) in [5.74, 6) is -0.218. The molecule has 2 aromatic rings. The maximum absolute atomic E-state index is 12.7. The Morgan fingerprint density at radius 2 is 1.89 bits per heavy atom. The fourth-order valence-corrected chi connectivity index (χ4v) is 2.40. The smallest absolute Gasteiger partial charge is 0.123 e. The van der Waals surface area contributed by atoms with Gasteiger partial charge in [-0.1, -0.05) is 20.8 Å². The second kappa shape index (κ2) is 5.06. The normalized spacial score (nSPS) is 11.6. The number of halogens is 1. The van der Waals surface area contributed by atoms with Crippen molar-refractivity contribution in [3.8, 4) is 0 Å². The lowest BCUT2D eigenvalue weighted by molar-refractivity contribution is 0.583. The van der Waals surface area contributed by atoms with Crippen molar-refractivity contribution in [1.82, 2.24) is 4.98 Å². The molecule has 0 aliphatic heterocycles. The molecule has 0 aliphatic carbocycles. The van der Waals surface area contributed by atoms with Crippen LogP contribution >= 0.6 is 11.3 Å². The van der Waals surface area contributed by atoms with Gasteiger partial charge in [0.2, 0.25) is 0 Å². The molecule has 1 N–H and O–H groups in total. The number of benzene rings is 1. The van der Waals surface area contributed by atoms with Crippen LogP contribution in [0.4, 0.5) is 10.1 Å². The molecule has 96 valence electrons. The Labute approximate surface area is 111 Å². The summed E-state index contributed by atoms with van der Waals surface area (Å²) < 4.78 is 12.7. The number of aromatic nitrogens is 1. The van der Waals surface area contributed by atoms with Crippen molar-refractivity contribution in [1.29, 1.82) is 0 Å². The molecule has 4 heteroatoms. The minimum Gasteiger partial charge on any atom is -0.379 e. The van der Waals surface area contributed by atoms with Gasteiger partial charge in [0.05, 0.1) is 17.2 Å². The highest BCUT2D eigenvalue weighted by Crippen LogP contribution is 2.25. The standard InChI is InChI=1S/C14H17FN2S/c1-14(2,3)13-17-12(9-18-13)8-16-11-6-4-10(15)5-7-11/h4-7,9,16H,8H2,1-3H3. The Morgan fingerprint density at radius 1 is 1.22 bits per heavy atom. The molecular weight excluding hydrogens is 247 g/mol. The van der Waals surface area contributed by atoms with Gasteiger partial charge in [0.1, 0.15) is 5.82 Å². The zero-order valence-electron chi connectivity index (χ0n) is 10.8. The fraction of sp³-hybridized carbons (Fsp3) is 0.357. The van der Waals surface area contributed by atoms with E-state index in [-0.39, 0.29) is 11.2 Å². The van der Waals surface area contributed by atoms with E-state index in [1.807, 2.05) is 0 Å². The van der Waals surface area contributed by atoms with E-state index in [4.69, 9.17) is 0 Å². The quantitative estimate of drug-likeness (QED) is 0.899. The van der Waals surface area contributed by atoms with Crippen LogP contribution in [0.1, 0.15) is 31.5 Å². The minimum atomic E-state index is -0.218. The molecule has 1 aromatic carbocycles. The third-order valence-corrected chi connectivity index (χ3v) is 3.83. The molecule has 0 saturated carbocycles. The highest BCUT2D eigenvalue weighted by atomic mass is 32.1. The van der Waals surface area contributed by atoms with Crippen molar-refractivity contribution in [3.05, 3.63) is 46.2 Å². The highest BCUT2D eigenvalue weighted by molar-refractivity contribution is 7.09. The van der Waals surface area contributed by atoms with Crippen LogP contribution in [-0.4, -0.2) is 4.98 Å². The van der Waals surface area contributed by atoms with Crippen LogP contribution in [0.3, 0.4) is 0 Å². The topological polar surface area (TPSA) is 24.9 Å². The molecule has 0 saturated heterocycles. The Kier molecular flexibility index (Phi) is 3.66. The van der Waals surface area contributed by atoms with E-state index >= 15 is 0 Å². The van der Waals surface area contributed by atoms with Gasteiger partial charge in [-0.2, -0.15) is 0 Å². The van der Waals surface area contributed by atoms with Crippen LogP contribution in [0, 0.1) is 5.82 Å². The Bertz CT molecular complexity index is 511. The lowest BCUT2D eigenvalue weighted by Crippen LogP contribution is -2.11. The average Bonchev–Trinajstić information content (AvgIpc) is 2.77. The fourth-order valence-electron chi connectivity index (χ4n) is 1.49. The molecule has 1 heterocycles. The number of hydrogen-bond donors (Lipinski definition) is 1. The first-order chi connectivity index (χ1) is 8.45. The zero-order valence-corrected chi connectivity index (χ0v) is 11.6. The van der Waals surface area contributed by atoms with Crippen molar-refractivity contribution in [2.45, 2.75) is 32.7 Å². The number of nitrogens with one attached hydrogen (secondary N) is 1. The number of hydrogen-bond acceptors (Lipinski definition) is 3. The van der Waals surface area contributed by atoms with Crippen molar-refractivity contribution in [2.24, 2.45) is 0 Å². The number of thiazole rings is 1.